The van der Waals surface area contributed by atoms with Gasteiger partial charge in [-0.3, -0.25) is 14.5 Å². The first-order valence-corrected chi connectivity index (χ1v) is 12.5. The fourth-order valence-electron chi connectivity index (χ4n) is 4.43. The molecule has 0 aliphatic carbocycles. The van der Waals surface area contributed by atoms with Gasteiger partial charge >= 0.3 is 0 Å². The minimum Gasteiger partial charge on any atom is -0.506 e. The Balaban J connectivity index is 1.44. The van der Waals surface area contributed by atoms with Gasteiger partial charge in [0.25, 0.3) is 11.8 Å². The van der Waals surface area contributed by atoms with Crippen LogP contribution in [0.3, 0.4) is 0 Å². The molecule has 0 saturated carbocycles. The molecule has 3 aromatic carbocycles. The molecular formula is C29H34N4O4. The minimum absolute atomic E-state index is 0.139. The first-order chi connectivity index (χ1) is 17.9. The molecule has 0 spiro atoms. The van der Waals surface area contributed by atoms with E-state index < -0.39 is 0 Å². The maximum absolute atomic E-state index is 13.0. The molecule has 8 heteroatoms. The van der Waals surface area contributed by atoms with E-state index in [0.717, 1.165) is 38.3 Å². The maximum Gasteiger partial charge on any atom is 0.255 e. The lowest BCUT2D eigenvalue weighted by Gasteiger charge is -2.25. The second-order valence-electron chi connectivity index (χ2n) is 9.35. The van der Waals surface area contributed by atoms with Crippen LogP contribution in [0.4, 0.5) is 17.1 Å². The third-order valence-corrected chi connectivity index (χ3v) is 6.64. The van der Waals surface area contributed by atoms with E-state index in [1.165, 1.54) is 6.07 Å². The number of carbonyl (C=O) groups is 2. The Morgan fingerprint density at radius 2 is 1.49 bits per heavy atom. The molecule has 1 saturated heterocycles. The number of rotatable bonds is 7. The van der Waals surface area contributed by atoms with E-state index in [1.807, 2.05) is 12.1 Å². The molecular weight excluding hydrogens is 468 g/mol. The summed E-state index contributed by atoms with van der Waals surface area (Å²) in [6, 6.07) is 19.4. The lowest BCUT2D eigenvalue weighted by molar-refractivity contribution is 0.101. The van der Waals surface area contributed by atoms with E-state index >= 15 is 0 Å². The van der Waals surface area contributed by atoms with Crippen LogP contribution in [-0.2, 0) is 0 Å². The van der Waals surface area contributed by atoms with E-state index in [-0.39, 0.29) is 23.3 Å². The second-order valence-corrected chi connectivity index (χ2v) is 9.35. The molecule has 0 unspecified atom stereocenters. The van der Waals surface area contributed by atoms with Crippen molar-refractivity contribution in [2.75, 3.05) is 48.8 Å². The molecule has 4 rings (SSSR count). The Morgan fingerprint density at radius 3 is 2.14 bits per heavy atom. The Hall–Kier alpha value is -4.04. The van der Waals surface area contributed by atoms with Crippen molar-refractivity contribution < 1.29 is 19.4 Å². The number of phenols is 1. The fourth-order valence-corrected chi connectivity index (χ4v) is 4.43. The molecule has 0 radical (unpaired) electrons. The molecule has 1 heterocycles. The summed E-state index contributed by atoms with van der Waals surface area (Å²) >= 11 is 0. The van der Waals surface area contributed by atoms with Crippen molar-refractivity contribution in [3.63, 3.8) is 0 Å². The van der Waals surface area contributed by atoms with Gasteiger partial charge in [-0.1, -0.05) is 6.07 Å². The highest BCUT2D eigenvalue weighted by molar-refractivity contribution is 6.11. The summed E-state index contributed by atoms with van der Waals surface area (Å²) in [5.41, 5.74) is 2.39. The quantitative estimate of drug-likeness (QED) is 0.401. The molecule has 0 bridgehead atoms. The van der Waals surface area contributed by atoms with Crippen molar-refractivity contribution in [3.05, 3.63) is 77.9 Å². The molecule has 2 amide bonds. The van der Waals surface area contributed by atoms with Crippen LogP contribution in [0.5, 0.6) is 11.5 Å². The van der Waals surface area contributed by atoms with Gasteiger partial charge in [-0.25, -0.2) is 0 Å². The number of carbonyl (C=O) groups excluding carboxylic acids is 2. The molecule has 0 atom stereocenters. The van der Waals surface area contributed by atoms with E-state index in [0.29, 0.717) is 28.6 Å². The number of methoxy groups -OCH3 is 1. The Kier molecular flexibility index (Phi) is 8.30. The number of anilines is 3. The summed E-state index contributed by atoms with van der Waals surface area (Å²) in [6.07, 6.45) is 1.10. The highest BCUT2D eigenvalue weighted by Gasteiger charge is 2.19. The van der Waals surface area contributed by atoms with Crippen LogP contribution in [0.15, 0.2) is 66.7 Å². The van der Waals surface area contributed by atoms with Gasteiger partial charge < -0.3 is 25.4 Å². The molecule has 8 nitrogen and oxygen atoms in total. The maximum atomic E-state index is 13.0. The number of benzene rings is 3. The molecule has 1 aliphatic heterocycles. The van der Waals surface area contributed by atoms with Crippen molar-refractivity contribution in [1.29, 1.82) is 0 Å². The zero-order valence-corrected chi connectivity index (χ0v) is 21.5. The predicted molar refractivity (Wildman–Crippen MR) is 147 cm³/mol. The zero-order valence-electron chi connectivity index (χ0n) is 21.5. The molecule has 0 aromatic heterocycles. The van der Waals surface area contributed by atoms with E-state index in [2.05, 4.69) is 34.3 Å². The Morgan fingerprint density at radius 1 is 0.838 bits per heavy atom. The van der Waals surface area contributed by atoms with Gasteiger partial charge in [0.15, 0.2) is 0 Å². The topological polar surface area (TPSA) is 94.1 Å². The van der Waals surface area contributed by atoms with Gasteiger partial charge in [-0.15, -0.1) is 0 Å². The largest absolute Gasteiger partial charge is 0.506 e. The number of aromatic hydroxyl groups is 1. The summed E-state index contributed by atoms with van der Waals surface area (Å²) in [5, 5.41) is 16.0. The number of para-hydroxylation sites is 1. The Labute approximate surface area is 217 Å². The lowest BCUT2D eigenvalue weighted by atomic mass is 10.1. The smallest absolute Gasteiger partial charge is 0.255 e. The van der Waals surface area contributed by atoms with Crippen LogP contribution < -0.4 is 20.3 Å². The normalized spacial score (nSPS) is 14.2. The van der Waals surface area contributed by atoms with Gasteiger partial charge in [0, 0.05) is 49.0 Å². The van der Waals surface area contributed by atoms with E-state index in [9.17, 15) is 14.7 Å². The highest BCUT2D eigenvalue weighted by atomic mass is 16.5. The van der Waals surface area contributed by atoms with Gasteiger partial charge in [-0.05, 0) is 80.9 Å². The molecule has 194 valence electrons. The molecule has 3 aromatic rings. The number of hydrogen-bond acceptors (Lipinski definition) is 6. The number of phenolic OH excluding ortho intramolecular Hbond substituents is 1. The van der Waals surface area contributed by atoms with E-state index in [4.69, 9.17) is 4.74 Å². The van der Waals surface area contributed by atoms with Crippen LogP contribution >= 0.6 is 0 Å². The highest BCUT2D eigenvalue weighted by Crippen LogP contribution is 2.32. The fraction of sp³-hybridized carbons (Fsp3) is 0.310. The SMILES string of the molecule is COc1ccc(C(=O)Nc2cccc(O)c2NC(=O)c2ccc(N3CCCN(C(C)C)CC3)cc2)cc1. The summed E-state index contributed by atoms with van der Waals surface area (Å²) in [7, 11) is 1.56. The molecule has 37 heavy (non-hydrogen) atoms. The number of hydrogen-bond donors (Lipinski definition) is 3. The number of amides is 2. The van der Waals surface area contributed by atoms with Gasteiger partial charge in [0.2, 0.25) is 0 Å². The Bertz CT molecular complexity index is 1230. The van der Waals surface area contributed by atoms with Crippen molar-refractivity contribution >= 4 is 28.9 Å². The van der Waals surface area contributed by atoms with Crippen LogP contribution in [-0.4, -0.2) is 61.2 Å². The second kappa shape index (κ2) is 11.8. The van der Waals surface area contributed by atoms with Gasteiger partial charge in [-0.2, -0.15) is 0 Å². The van der Waals surface area contributed by atoms with Crippen LogP contribution in [0.25, 0.3) is 0 Å². The van der Waals surface area contributed by atoms with Crippen LogP contribution in [0, 0.1) is 0 Å². The van der Waals surface area contributed by atoms with Crippen molar-refractivity contribution in [2.45, 2.75) is 26.3 Å². The average Bonchev–Trinajstić information content (AvgIpc) is 3.17. The first kappa shape index (κ1) is 26.0. The number of ether oxygens (including phenoxy) is 1. The number of nitrogens with one attached hydrogen (secondary N) is 2. The lowest BCUT2D eigenvalue weighted by Crippen LogP contribution is -2.35. The summed E-state index contributed by atoms with van der Waals surface area (Å²) in [6.45, 7) is 8.47. The molecule has 1 aliphatic rings. The average molecular weight is 503 g/mol. The predicted octanol–water partition coefficient (Wildman–Crippen LogP) is 4.83. The summed E-state index contributed by atoms with van der Waals surface area (Å²) in [5.74, 6) is -0.255. The zero-order chi connectivity index (χ0) is 26.4. The van der Waals surface area contributed by atoms with Crippen molar-refractivity contribution in [3.8, 4) is 11.5 Å². The van der Waals surface area contributed by atoms with E-state index in [1.54, 1.807) is 55.6 Å². The first-order valence-electron chi connectivity index (χ1n) is 12.5. The molecule has 1 fully saturated rings. The van der Waals surface area contributed by atoms with Gasteiger partial charge in [0.05, 0.1) is 12.8 Å². The summed E-state index contributed by atoms with van der Waals surface area (Å²) in [4.78, 5) is 30.6. The van der Waals surface area contributed by atoms with Crippen molar-refractivity contribution in [1.82, 2.24) is 4.90 Å². The minimum atomic E-state index is -0.380. The number of nitrogens with zero attached hydrogens (tertiary/aromatic N) is 2. The monoisotopic (exact) mass is 502 g/mol. The van der Waals surface area contributed by atoms with Crippen LogP contribution in [0.1, 0.15) is 41.0 Å². The summed E-state index contributed by atoms with van der Waals surface area (Å²) < 4.78 is 5.13. The molecule has 3 N–H and O–H groups in total. The van der Waals surface area contributed by atoms with Gasteiger partial charge in [0.1, 0.15) is 17.2 Å². The third-order valence-electron chi connectivity index (χ3n) is 6.64. The third kappa shape index (κ3) is 6.40. The standard InChI is InChI=1S/C29H34N4O4/c1-20(2)32-16-5-17-33(19-18-32)23-12-8-21(9-13-23)29(36)31-27-25(6-4-7-26(27)34)30-28(35)22-10-14-24(37-3)15-11-22/h4,6-15,20,34H,5,16-19H2,1-3H3,(H,30,35)(H,31,36). The van der Waals surface area contributed by atoms with Crippen LogP contribution in [0.2, 0.25) is 0 Å². The van der Waals surface area contributed by atoms with Crippen molar-refractivity contribution in [2.24, 2.45) is 0 Å².